The minimum Gasteiger partial charge on any atom is -0.309 e. The number of rotatable bonds is 4. The molecule has 0 atom stereocenters. The first-order chi connectivity index (χ1) is 25.8. The van der Waals surface area contributed by atoms with Crippen LogP contribution in [0.15, 0.2) is 182 Å². The van der Waals surface area contributed by atoms with Gasteiger partial charge < -0.3 is 18.3 Å². The molecule has 0 spiro atoms. The molecule has 0 aliphatic heterocycles. The first-order valence-corrected chi connectivity index (χ1v) is 17.9. The molecule has 0 bridgehead atoms. The monoisotopic (exact) mass is 662 g/mol. The molecule has 0 fully saturated rings. The van der Waals surface area contributed by atoms with Gasteiger partial charge >= 0.3 is 0 Å². The summed E-state index contributed by atoms with van der Waals surface area (Å²) in [5.74, 6) is 0. The van der Waals surface area contributed by atoms with Crippen LogP contribution >= 0.6 is 0 Å². The standard InChI is InChI=1S/C48H30N4/c1-4-14-31(15-5-1)49-37-21-11-10-20-35(37)36-30-34(26-27-38(36)49)52-42-25-13-23-40-46(42)48-44(52)29-28-43-47(48)45-39(50(40)32-16-6-2-7-17-32)22-12-24-41(45)51(43)33-18-8-3-9-19-33/h1-30H. The maximum absolute atomic E-state index is 2.49. The van der Waals surface area contributed by atoms with Crippen LogP contribution in [-0.4, -0.2) is 18.3 Å². The Bertz CT molecular complexity index is 3320. The highest BCUT2D eigenvalue weighted by atomic mass is 15.0. The number of benzene rings is 8. The summed E-state index contributed by atoms with van der Waals surface area (Å²) >= 11 is 0. The number of nitrogens with zero attached hydrogens (tertiary/aromatic N) is 4. The Hall–Kier alpha value is -7.04. The lowest BCUT2D eigenvalue weighted by Crippen LogP contribution is -1.98. The molecule has 0 unspecified atom stereocenters. The van der Waals surface area contributed by atoms with Crippen LogP contribution in [0.25, 0.3) is 99.2 Å². The highest BCUT2D eigenvalue weighted by Crippen LogP contribution is 2.47. The zero-order valence-electron chi connectivity index (χ0n) is 28.1. The molecular formula is C48H30N4. The van der Waals surface area contributed by atoms with E-state index in [2.05, 4.69) is 200 Å². The average molecular weight is 663 g/mol. The number of para-hydroxylation sites is 4. The molecule has 0 radical (unpaired) electrons. The van der Waals surface area contributed by atoms with Gasteiger partial charge in [0.2, 0.25) is 0 Å². The van der Waals surface area contributed by atoms with Crippen molar-refractivity contribution >= 4 is 76.5 Å². The first-order valence-electron chi connectivity index (χ1n) is 17.9. The molecule has 0 amide bonds. The summed E-state index contributed by atoms with van der Waals surface area (Å²) < 4.78 is 9.79. The molecule has 52 heavy (non-hydrogen) atoms. The van der Waals surface area contributed by atoms with Crippen LogP contribution in [0.5, 0.6) is 0 Å². The first kappa shape index (κ1) is 27.7. The summed E-state index contributed by atoms with van der Waals surface area (Å²) in [4.78, 5) is 0. The van der Waals surface area contributed by atoms with Gasteiger partial charge in [0.25, 0.3) is 0 Å². The molecule has 0 N–H and O–H groups in total. The zero-order valence-corrected chi connectivity index (χ0v) is 28.1. The summed E-state index contributed by atoms with van der Waals surface area (Å²) in [5.41, 5.74) is 14.2. The van der Waals surface area contributed by atoms with Crippen LogP contribution < -0.4 is 0 Å². The van der Waals surface area contributed by atoms with Crippen LogP contribution in [0.3, 0.4) is 0 Å². The molecule has 0 saturated carbocycles. The maximum atomic E-state index is 2.49. The minimum absolute atomic E-state index is 1.15. The van der Waals surface area contributed by atoms with Crippen molar-refractivity contribution in [1.82, 2.24) is 18.3 Å². The molecule has 4 nitrogen and oxygen atoms in total. The third-order valence-corrected chi connectivity index (χ3v) is 11.1. The topological polar surface area (TPSA) is 19.7 Å². The van der Waals surface area contributed by atoms with E-state index < -0.39 is 0 Å². The van der Waals surface area contributed by atoms with E-state index in [0.29, 0.717) is 0 Å². The fraction of sp³-hybridized carbons (Fsp3) is 0. The van der Waals surface area contributed by atoms with Gasteiger partial charge in [-0.05, 0) is 97.1 Å². The lowest BCUT2D eigenvalue weighted by molar-refractivity contribution is 1.16. The normalized spacial score (nSPS) is 12.2. The van der Waals surface area contributed by atoms with Crippen LogP contribution in [0.1, 0.15) is 0 Å². The lowest BCUT2D eigenvalue weighted by atomic mass is 10.1. The van der Waals surface area contributed by atoms with E-state index in [4.69, 9.17) is 0 Å². The fourth-order valence-corrected chi connectivity index (χ4v) is 9.11. The predicted octanol–water partition coefficient (Wildman–Crippen LogP) is 12.4. The fourth-order valence-electron chi connectivity index (χ4n) is 9.11. The van der Waals surface area contributed by atoms with E-state index in [-0.39, 0.29) is 0 Å². The van der Waals surface area contributed by atoms with E-state index in [1.807, 2.05) is 0 Å². The molecule has 4 heteroatoms. The Morgan fingerprint density at radius 1 is 0.212 bits per heavy atom. The van der Waals surface area contributed by atoms with E-state index in [1.54, 1.807) is 0 Å². The third kappa shape index (κ3) is 3.55. The van der Waals surface area contributed by atoms with Crippen molar-refractivity contribution in [2.24, 2.45) is 0 Å². The molecule has 4 aromatic heterocycles. The molecule has 8 aromatic carbocycles. The van der Waals surface area contributed by atoms with Gasteiger partial charge in [-0.3, -0.25) is 0 Å². The third-order valence-electron chi connectivity index (χ3n) is 11.1. The minimum atomic E-state index is 1.15. The molecule has 0 aliphatic carbocycles. The van der Waals surface area contributed by atoms with Gasteiger partial charge in [-0.15, -0.1) is 0 Å². The summed E-state index contributed by atoms with van der Waals surface area (Å²) in [6.07, 6.45) is 0. The van der Waals surface area contributed by atoms with Crippen molar-refractivity contribution in [1.29, 1.82) is 0 Å². The van der Waals surface area contributed by atoms with E-state index in [9.17, 15) is 0 Å². The van der Waals surface area contributed by atoms with Crippen molar-refractivity contribution in [3.05, 3.63) is 182 Å². The molecule has 12 rings (SSSR count). The summed E-state index contributed by atoms with van der Waals surface area (Å²) in [7, 11) is 0. The number of aromatic nitrogens is 4. The molecule has 12 aromatic rings. The number of fused-ring (bicyclic) bond motifs is 3. The smallest absolute Gasteiger partial charge is 0.0562 e. The van der Waals surface area contributed by atoms with Crippen molar-refractivity contribution in [2.75, 3.05) is 0 Å². The quantitative estimate of drug-likeness (QED) is 0.179. The maximum Gasteiger partial charge on any atom is 0.0562 e. The Balaban J connectivity index is 1.27. The van der Waals surface area contributed by atoms with Crippen molar-refractivity contribution in [2.45, 2.75) is 0 Å². The molecule has 0 saturated heterocycles. The number of hydrogen-bond donors (Lipinski definition) is 0. The molecule has 4 heterocycles. The Kier molecular flexibility index (Phi) is 5.47. The molecular weight excluding hydrogens is 633 g/mol. The van der Waals surface area contributed by atoms with Crippen molar-refractivity contribution in [3.8, 4) is 22.7 Å². The van der Waals surface area contributed by atoms with E-state index in [0.717, 1.165) is 17.1 Å². The van der Waals surface area contributed by atoms with Gasteiger partial charge in [0, 0.05) is 55.1 Å². The van der Waals surface area contributed by atoms with Gasteiger partial charge in [-0.1, -0.05) is 84.9 Å². The average Bonchev–Trinajstić information content (AvgIpc) is 3.82. The van der Waals surface area contributed by atoms with Crippen LogP contribution in [-0.2, 0) is 0 Å². The highest BCUT2D eigenvalue weighted by Gasteiger charge is 2.26. The Morgan fingerprint density at radius 3 is 1.06 bits per heavy atom. The predicted molar refractivity (Wildman–Crippen MR) is 217 cm³/mol. The van der Waals surface area contributed by atoms with E-state index in [1.165, 1.54) is 82.1 Å². The van der Waals surface area contributed by atoms with Gasteiger partial charge in [0.1, 0.15) is 0 Å². The largest absolute Gasteiger partial charge is 0.309 e. The number of hydrogen-bond acceptors (Lipinski definition) is 0. The Labute approximate surface area is 298 Å². The molecule has 242 valence electrons. The van der Waals surface area contributed by atoms with Gasteiger partial charge in [0.05, 0.1) is 44.1 Å². The van der Waals surface area contributed by atoms with Gasteiger partial charge in [-0.25, -0.2) is 0 Å². The van der Waals surface area contributed by atoms with Crippen LogP contribution in [0, 0.1) is 0 Å². The summed E-state index contributed by atoms with van der Waals surface area (Å²) in [5, 5.41) is 7.61. The zero-order chi connectivity index (χ0) is 33.9. The Morgan fingerprint density at radius 2 is 0.558 bits per heavy atom. The summed E-state index contributed by atoms with van der Waals surface area (Å²) in [6, 6.07) is 66.4. The van der Waals surface area contributed by atoms with Gasteiger partial charge in [0.15, 0.2) is 0 Å². The van der Waals surface area contributed by atoms with Crippen molar-refractivity contribution in [3.63, 3.8) is 0 Å². The van der Waals surface area contributed by atoms with Crippen LogP contribution in [0.4, 0.5) is 0 Å². The van der Waals surface area contributed by atoms with Crippen molar-refractivity contribution < 1.29 is 0 Å². The SMILES string of the molecule is c1ccc(-n2c3ccccc3c3cc(-n4c5ccc6c7c5c5c4cccc5n(-c4ccccc4)c4cccc(c74)n6-c4ccccc4)ccc32)cc1. The summed E-state index contributed by atoms with van der Waals surface area (Å²) in [6.45, 7) is 0. The second kappa shape index (κ2) is 10.3. The van der Waals surface area contributed by atoms with Gasteiger partial charge in [-0.2, -0.15) is 0 Å². The molecule has 0 aliphatic rings. The van der Waals surface area contributed by atoms with E-state index >= 15 is 0 Å². The highest BCUT2D eigenvalue weighted by molar-refractivity contribution is 6.35. The van der Waals surface area contributed by atoms with Crippen LogP contribution in [0.2, 0.25) is 0 Å². The second-order valence-corrected chi connectivity index (χ2v) is 13.8. The lowest BCUT2D eigenvalue weighted by Gasteiger charge is -2.13. The second-order valence-electron chi connectivity index (χ2n) is 13.8.